The van der Waals surface area contributed by atoms with Gasteiger partial charge in [0.2, 0.25) is 16.9 Å². The fraction of sp³-hybridized carbons (Fsp3) is 0.111. The number of aromatic nitrogens is 4. The molecule has 10 heteroatoms. The predicted molar refractivity (Wildman–Crippen MR) is 105 cm³/mol. The van der Waals surface area contributed by atoms with Gasteiger partial charge in [0.1, 0.15) is 11.6 Å². The molecule has 2 aromatic heterocycles. The summed E-state index contributed by atoms with van der Waals surface area (Å²) in [7, 11) is 1.62. The molecule has 0 aliphatic heterocycles. The molecule has 0 saturated carbocycles. The van der Waals surface area contributed by atoms with Crippen LogP contribution in [-0.2, 0) is 5.75 Å². The highest BCUT2D eigenvalue weighted by Crippen LogP contribution is 2.30. The molecule has 2 aromatic carbocycles. The molecular weight excluding hydrogens is 401 g/mol. The number of methoxy groups -OCH3 is 1. The Bertz CT molecular complexity index is 1050. The zero-order chi connectivity index (χ0) is 19.3. The molecule has 0 fully saturated rings. The molecule has 0 spiro atoms. The van der Waals surface area contributed by atoms with E-state index in [4.69, 9.17) is 9.15 Å². The van der Waals surface area contributed by atoms with Crippen molar-refractivity contribution in [1.82, 2.24) is 20.4 Å². The number of benzene rings is 2. The van der Waals surface area contributed by atoms with E-state index in [0.29, 0.717) is 22.7 Å². The smallest absolute Gasteiger partial charge is 0.247 e. The van der Waals surface area contributed by atoms with Crippen LogP contribution in [0.2, 0.25) is 0 Å². The van der Waals surface area contributed by atoms with Crippen LogP contribution in [0.3, 0.4) is 0 Å². The summed E-state index contributed by atoms with van der Waals surface area (Å²) in [6.45, 7) is 0. The molecular formula is C18H14FN5O2S2. The molecule has 0 saturated heterocycles. The van der Waals surface area contributed by atoms with Gasteiger partial charge in [0, 0.05) is 11.3 Å². The molecule has 4 rings (SSSR count). The number of hydrogen-bond donors (Lipinski definition) is 1. The molecule has 142 valence electrons. The van der Waals surface area contributed by atoms with Gasteiger partial charge < -0.3 is 14.5 Å². The van der Waals surface area contributed by atoms with E-state index in [0.717, 1.165) is 21.3 Å². The summed E-state index contributed by atoms with van der Waals surface area (Å²) in [4.78, 5) is 0. The highest BCUT2D eigenvalue weighted by molar-refractivity contribution is 8.00. The minimum atomic E-state index is -0.285. The summed E-state index contributed by atoms with van der Waals surface area (Å²) >= 11 is 2.84. The number of anilines is 2. The van der Waals surface area contributed by atoms with Crippen LogP contribution in [0.25, 0.3) is 11.5 Å². The van der Waals surface area contributed by atoms with Gasteiger partial charge in [-0.05, 0) is 48.5 Å². The quantitative estimate of drug-likeness (QED) is 0.432. The maximum absolute atomic E-state index is 13.0. The first-order valence-electron chi connectivity index (χ1n) is 8.15. The molecule has 0 aliphatic rings. The van der Waals surface area contributed by atoms with E-state index in [-0.39, 0.29) is 5.82 Å². The molecule has 0 aliphatic carbocycles. The van der Waals surface area contributed by atoms with E-state index < -0.39 is 0 Å². The van der Waals surface area contributed by atoms with Crippen LogP contribution in [0.15, 0.2) is 57.3 Å². The van der Waals surface area contributed by atoms with Crippen molar-refractivity contribution in [3.05, 3.63) is 60.2 Å². The highest BCUT2D eigenvalue weighted by atomic mass is 32.2. The van der Waals surface area contributed by atoms with Crippen molar-refractivity contribution in [2.45, 2.75) is 10.1 Å². The fourth-order valence-corrected chi connectivity index (χ4v) is 3.87. The summed E-state index contributed by atoms with van der Waals surface area (Å²) in [5, 5.41) is 20.1. The normalized spacial score (nSPS) is 10.8. The standard InChI is InChI=1S/C18H14FN5O2S2/c1-25-14-8-2-11(3-9-14)16-22-21-15(26-16)10-27-18-24-23-17(28-18)20-13-6-4-12(19)5-7-13/h2-9H,10H2,1H3,(H,20,23). The number of nitrogens with zero attached hydrogens (tertiary/aromatic N) is 4. The maximum atomic E-state index is 13.0. The first-order chi connectivity index (χ1) is 13.7. The monoisotopic (exact) mass is 415 g/mol. The average molecular weight is 415 g/mol. The number of ether oxygens (including phenoxy) is 1. The minimum Gasteiger partial charge on any atom is -0.497 e. The largest absolute Gasteiger partial charge is 0.497 e. The third-order valence-electron chi connectivity index (χ3n) is 3.62. The first kappa shape index (κ1) is 18.4. The van der Waals surface area contributed by atoms with Crippen molar-refractivity contribution in [1.29, 1.82) is 0 Å². The second kappa shape index (κ2) is 8.36. The van der Waals surface area contributed by atoms with E-state index in [2.05, 4.69) is 25.7 Å². The molecule has 1 N–H and O–H groups in total. The lowest BCUT2D eigenvalue weighted by Crippen LogP contribution is -1.89. The van der Waals surface area contributed by atoms with Gasteiger partial charge in [-0.25, -0.2) is 4.39 Å². The number of rotatable bonds is 7. The Morgan fingerprint density at radius 2 is 1.82 bits per heavy atom. The van der Waals surface area contributed by atoms with Gasteiger partial charge in [-0.1, -0.05) is 23.1 Å². The lowest BCUT2D eigenvalue weighted by molar-refractivity contribution is 0.415. The van der Waals surface area contributed by atoms with Crippen LogP contribution in [0.4, 0.5) is 15.2 Å². The van der Waals surface area contributed by atoms with Crippen molar-refractivity contribution in [2.75, 3.05) is 12.4 Å². The molecule has 2 heterocycles. The van der Waals surface area contributed by atoms with Gasteiger partial charge in [-0.2, -0.15) is 0 Å². The van der Waals surface area contributed by atoms with Gasteiger partial charge >= 0.3 is 0 Å². The minimum absolute atomic E-state index is 0.285. The van der Waals surface area contributed by atoms with E-state index in [9.17, 15) is 4.39 Å². The van der Waals surface area contributed by atoms with Crippen molar-refractivity contribution < 1.29 is 13.5 Å². The molecule has 0 atom stereocenters. The summed E-state index contributed by atoms with van der Waals surface area (Å²) in [6.07, 6.45) is 0. The zero-order valence-corrected chi connectivity index (χ0v) is 16.3. The van der Waals surface area contributed by atoms with E-state index in [1.165, 1.54) is 35.2 Å². The Hall–Kier alpha value is -2.98. The Labute approximate surface area is 168 Å². The molecule has 0 amide bonds. The Kier molecular flexibility index (Phi) is 5.49. The van der Waals surface area contributed by atoms with Gasteiger partial charge in [-0.15, -0.1) is 20.4 Å². The van der Waals surface area contributed by atoms with Crippen molar-refractivity contribution in [3.8, 4) is 17.2 Å². The van der Waals surface area contributed by atoms with Gasteiger partial charge in [0.25, 0.3) is 0 Å². The van der Waals surface area contributed by atoms with E-state index >= 15 is 0 Å². The van der Waals surface area contributed by atoms with Crippen LogP contribution in [-0.4, -0.2) is 27.5 Å². The number of hydrogen-bond acceptors (Lipinski definition) is 9. The number of nitrogens with one attached hydrogen (secondary N) is 1. The first-order valence-corrected chi connectivity index (χ1v) is 9.95. The van der Waals surface area contributed by atoms with Crippen LogP contribution in [0.1, 0.15) is 5.89 Å². The number of thioether (sulfide) groups is 1. The molecule has 0 bridgehead atoms. The fourth-order valence-electron chi connectivity index (χ4n) is 2.26. The lowest BCUT2D eigenvalue weighted by atomic mass is 10.2. The third-order valence-corrected chi connectivity index (χ3v) is 5.58. The van der Waals surface area contributed by atoms with Gasteiger partial charge in [0.05, 0.1) is 12.9 Å². The summed E-state index contributed by atoms with van der Waals surface area (Å²) < 4.78 is 24.6. The maximum Gasteiger partial charge on any atom is 0.247 e. The van der Waals surface area contributed by atoms with Crippen molar-refractivity contribution >= 4 is 33.9 Å². The molecule has 28 heavy (non-hydrogen) atoms. The Morgan fingerprint density at radius 1 is 1.04 bits per heavy atom. The zero-order valence-electron chi connectivity index (χ0n) is 14.6. The van der Waals surface area contributed by atoms with Gasteiger partial charge in [0.15, 0.2) is 4.34 Å². The SMILES string of the molecule is COc1ccc(-c2nnc(CSc3nnc(Nc4ccc(F)cc4)s3)o2)cc1. The second-order valence-corrected chi connectivity index (χ2v) is 7.72. The molecule has 4 aromatic rings. The van der Waals surface area contributed by atoms with Crippen molar-refractivity contribution in [3.63, 3.8) is 0 Å². The molecule has 0 radical (unpaired) electrons. The summed E-state index contributed by atoms with van der Waals surface area (Å²) in [5.41, 5.74) is 1.57. The lowest BCUT2D eigenvalue weighted by Gasteiger charge is -2.00. The van der Waals surface area contributed by atoms with Crippen LogP contribution in [0, 0.1) is 5.82 Å². The number of halogens is 1. The topological polar surface area (TPSA) is 86.0 Å². The van der Waals surface area contributed by atoms with Crippen LogP contribution >= 0.6 is 23.1 Å². The second-order valence-electron chi connectivity index (χ2n) is 5.52. The summed E-state index contributed by atoms with van der Waals surface area (Å²) in [6, 6.07) is 13.5. The van der Waals surface area contributed by atoms with Crippen LogP contribution < -0.4 is 10.1 Å². The summed E-state index contributed by atoms with van der Waals surface area (Å²) in [5.74, 6) is 1.91. The van der Waals surface area contributed by atoms with E-state index in [1.807, 2.05) is 24.3 Å². The Balaban J connectivity index is 1.35. The van der Waals surface area contributed by atoms with E-state index in [1.54, 1.807) is 19.2 Å². The highest BCUT2D eigenvalue weighted by Gasteiger charge is 2.11. The molecule has 7 nitrogen and oxygen atoms in total. The van der Waals surface area contributed by atoms with Crippen LogP contribution in [0.5, 0.6) is 5.75 Å². The Morgan fingerprint density at radius 3 is 2.57 bits per heavy atom. The van der Waals surface area contributed by atoms with Crippen molar-refractivity contribution in [2.24, 2.45) is 0 Å². The van der Waals surface area contributed by atoms with Gasteiger partial charge in [-0.3, -0.25) is 0 Å². The average Bonchev–Trinajstić information content (AvgIpc) is 3.38. The third kappa shape index (κ3) is 4.46. The molecule has 0 unspecified atom stereocenters. The predicted octanol–water partition coefficient (Wildman–Crippen LogP) is 4.77.